The van der Waals surface area contributed by atoms with E-state index in [-0.39, 0.29) is 38.6 Å². The largest absolute Gasteiger partial charge is 0.481 e. The van der Waals surface area contributed by atoms with Crippen LogP contribution in [0.3, 0.4) is 0 Å². The monoisotopic (exact) mass is 672 g/mol. The highest BCUT2D eigenvalue weighted by Gasteiger charge is 2.34. The van der Waals surface area contributed by atoms with Crippen molar-refractivity contribution < 1.29 is 53.6 Å². The number of unbranched alkanes of at least 4 members (excludes halogenated alkanes) is 14. The van der Waals surface area contributed by atoms with E-state index in [1.807, 2.05) is 0 Å². The zero-order chi connectivity index (χ0) is 35.1. The molecule has 0 rings (SSSR count). The summed E-state index contributed by atoms with van der Waals surface area (Å²) in [6.07, 6.45) is 17.2. The summed E-state index contributed by atoms with van der Waals surface area (Å²) in [6.45, 7) is 0.700. The van der Waals surface area contributed by atoms with Crippen molar-refractivity contribution in [1.29, 1.82) is 0 Å². The number of carboxylic acids is 3. The molecule has 0 bridgehead atoms. The van der Waals surface area contributed by atoms with E-state index in [0.29, 0.717) is 32.4 Å². The van der Waals surface area contributed by atoms with Crippen LogP contribution in [0.4, 0.5) is 0 Å². The fraction of sp³-hybridized carbons (Fsp3) is 0.818. The maximum absolute atomic E-state index is 12.8. The lowest BCUT2D eigenvalue weighted by molar-refractivity contribution is -0.151. The van der Waals surface area contributed by atoms with Gasteiger partial charge in [0, 0.05) is 19.4 Å². The quantitative estimate of drug-likeness (QED) is 0.0420. The van der Waals surface area contributed by atoms with Crippen molar-refractivity contribution in [3.05, 3.63) is 0 Å². The molecular weight excluding hydrogens is 614 g/mol. The Labute approximate surface area is 278 Å². The molecule has 271 valence electrons. The number of carbonyl (C=O) groups excluding carboxylic acids is 3. The molecule has 2 atom stereocenters. The van der Waals surface area contributed by atoms with E-state index in [9.17, 15) is 28.8 Å². The van der Waals surface area contributed by atoms with Gasteiger partial charge >= 0.3 is 17.9 Å². The standard InChI is InChI=1S/C33H58N3O11/c34-20-16-15-17-26(36-30(32(42)43)33(44)45)31(41)27(25-37)47-24-23-46-22-21-35-28(38)18-13-11-9-7-5-3-1-2-4-6-8-10-12-14-19-29(39)40/h26-27,30,36H,1-24,34H2,(H,35,38)(H,39,40)(H,42,43)(H,44,45)/t26-,27?/m0/s1. The van der Waals surface area contributed by atoms with E-state index < -0.39 is 41.9 Å². The first kappa shape index (κ1) is 44.1. The molecule has 0 saturated heterocycles. The van der Waals surface area contributed by atoms with Gasteiger partial charge < -0.3 is 35.8 Å². The maximum atomic E-state index is 12.8. The van der Waals surface area contributed by atoms with Crippen LogP contribution in [0.25, 0.3) is 0 Å². The summed E-state index contributed by atoms with van der Waals surface area (Å²) >= 11 is 0. The van der Waals surface area contributed by atoms with Gasteiger partial charge in [-0.15, -0.1) is 0 Å². The van der Waals surface area contributed by atoms with E-state index in [2.05, 4.69) is 10.6 Å². The molecule has 7 N–H and O–H groups in total. The first-order valence-electron chi connectivity index (χ1n) is 17.1. The number of ether oxygens (including phenoxy) is 2. The minimum absolute atomic E-state index is 0.0235. The molecule has 1 radical (unpaired) electrons. The fourth-order valence-electron chi connectivity index (χ4n) is 4.97. The Morgan fingerprint density at radius 2 is 1.17 bits per heavy atom. The highest BCUT2D eigenvalue weighted by molar-refractivity contribution is 6.02. The van der Waals surface area contributed by atoms with E-state index in [4.69, 9.17) is 30.5 Å². The molecular formula is C33H58N3O11. The Morgan fingerprint density at radius 3 is 1.64 bits per heavy atom. The number of carboxylic acid groups (broad SMARTS) is 3. The molecule has 47 heavy (non-hydrogen) atoms. The van der Waals surface area contributed by atoms with Crippen LogP contribution in [0.1, 0.15) is 122 Å². The summed E-state index contributed by atoms with van der Waals surface area (Å²) in [5.41, 5.74) is 5.45. The molecule has 1 unspecified atom stereocenters. The molecule has 0 saturated carbocycles. The van der Waals surface area contributed by atoms with Crippen LogP contribution in [0.5, 0.6) is 0 Å². The Hall–Kier alpha value is -2.94. The number of nitrogens with two attached hydrogens (primary N) is 1. The second-order valence-corrected chi connectivity index (χ2v) is 11.7. The van der Waals surface area contributed by atoms with Gasteiger partial charge in [-0.25, -0.2) is 9.59 Å². The fourth-order valence-corrected chi connectivity index (χ4v) is 4.97. The Morgan fingerprint density at radius 1 is 0.660 bits per heavy atom. The lowest BCUT2D eigenvalue weighted by atomic mass is 10.0. The van der Waals surface area contributed by atoms with Gasteiger partial charge in [-0.05, 0) is 32.2 Å². The van der Waals surface area contributed by atoms with Crippen molar-refractivity contribution in [2.24, 2.45) is 5.73 Å². The molecule has 1 amide bonds. The molecule has 0 aliphatic rings. The summed E-state index contributed by atoms with van der Waals surface area (Å²) in [7, 11) is 0. The minimum atomic E-state index is -2.04. The Bertz CT molecular complexity index is 874. The minimum Gasteiger partial charge on any atom is -0.481 e. The van der Waals surface area contributed by atoms with Crippen LogP contribution in [0.15, 0.2) is 0 Å². The number of rotatable bonds is 35. The van der Waals surface area contributed by atoms with Crippen molar-refractivity contribution in [3.63, 3.8) is 0 Å². The number of carbonyl (C=O) groups is 5. The molecule has 0 aliphatic heterocycles. The van der Waals surface area contributed by atoms with Gasteiger partial charge in [0.15, 0.2) is 11.9 Å². The van der Waals surface area contributed by atoms with E-state index in [1.54, 1.807) is 0 Å². The topological polar surface area (TPSA) is 232 Å². The molecule has 0 aliphatic carbocycles. The third-order valence-corrected chi connectivity index (χ3v) is 7.64. The van der Waals surface area contributed by atoms with E-state index >= 15 is 0 Å². The van der Waals surface area contributed by atoms with E-state index in [1.165, 1.54) is 57.7 Å². The number of Topliss-reactive ketones (excluding diaryl/α,β-unsaturated/α-hetero) is 1. The number of aliphatic carboxylic acids is 3. The van der Waals surface area contributed by atoms with E-state index in [0.717, 1.165) is 38.5 Å². The first-order chi connectivity index (χ1) is 22.6. The number of nitrogens with one attached hydrogen (secondary N) is 2. The second-order valence-electron chi connectivity index (χ2n) is 11.7. The van der Waals surface area contributed by atoms with Gasteiger partial charge in [0.25, 0.3) is 0 Å². The zero-order valence-corrected chi connectivity index (χ0v) is 27.9. The predicted octanol–water partition coefficient (Wildman–Crippen LogP) is 3.13. The van der Waals surface area contributed by atoms with Crippen LogP contribution < -0.4 is 16.4 Å². The third-order valence-electron chi connectivity index (χ3n) is 7.64. The van der Waals surface area contributed by atoms with Gasteiger partial charge in [0.05, 0.1) is 25.9 Å². The number of hydrogen-bond donors (Lipinski definition) is 6. The van der Waals surface area contributed by atoms with Gasteiger partial charge in [-0.2, -0.15) is 0 Å². The van der Waals surface area contributed by atoms with Gasteiger partial charge in [0.1, 0.15) is 0 Å². The summed E-state index contributed by atoms with van der Waals surface area (Å²) in [5.74, 6) is -4.94. The highest BCUT2D eigenvalue weighted by atomic mass is 16.5. The number of ketones is 1. The molecule has 0 fully saturated rings. The first-order valence-corrected chi connectivity index (χ1v) is 17.1. The molecule has 0 spiro atoms. The molecule has 0 heterocycles. The van der Waals surface area contributed by atoms with Crippen molar-refractivity contribution in [2.75, 3.05) is 32.9 Å². The van der Waals surface area contributed by atoms with Crippen molar-refractivity contribution in [1.82, 2.24) is 10.6 Å². The second kappa shape index (κ2) is 30.4. The molecule has 0 aromatic carbocycles. The molecule has 14 nitrogen and oxygen atoms in total. The van der Waals surface area contributed by atoms with Crippen molar-refractivity contribution in [2.45, 2.75) is 140 Å². The summed E-state index contributed by atoms with van der Waals surface area (Å²) in [4.78, 5) is 69.2. The number of hydrogen-bond acceptors (Lipinski definition) is 10. The average Bonchev–Trinajstić information content (AvgIpc) is 3.03. The van der Waals surface area contributed by atoms with Gasteiger partial charge in [0.2, 0.25) is 18.2 Å². The van der Waals surface area contributed by atoms with Crippen molar-refractivity contribution in [3.8, 4) is 0 Å². The van der Waals surface area contributed by atoms with Crippen LogP contribution in [0, 0.1) is 0 Å². The third kappa shape index (κ3) is 25.8. The SMILES string of the molecule is NCCCC[C@H](NC(C(=O)O)C(=O)O)C(=O)C([C]=O)OCCOCCNC(=O)CCCCCCCCCCCCCCCCC(=O)O. The smallest absolute Gasteiger partial charge is 0.332 e. The highest BCUT2D eigenvalue weighted by Crippen LogP contribution is 2.14. The normalized spacial score (nSPS) is 12.5. The van der Waals surface area contributed by atoms with Crippen LogP contribution >= 0.6 is 0 Å². The van der Waals surface area contributed by atoms with Crippen LogP contribution in [0.2, 0.25) is 0 Å². The lowest BCUT2D eigenvalue weighted by Gasteiger charge is -2.22. The lowest BCUT2D eigenvalue weighted by Crippen LogP contribution is -2.53. The summed E-state index contributed by atoms with van der Waals surface area (Å²) in [6, 6.07) is -3.30. The number of amides is 1. The maximum Gasteiger partial charge on any atom is 0.332 e. The average molecular weight is 673 g/mol. The summed E-state index contributed by atoms with van der Waals surface area (Å²) in [5, 5.41) is 31.9. The zero-order valence-electron chi connectivity index (χ0n) is 27.9. The molecule has 14 heteroatoms. The van der Waals surface area contributed by atoms with Crippen LogP contribution in [-0.4, -0.2) is 102 Å². The molecule has 0 aromatic heterocycles. The van der Waals surface area contributed by atoms with Gasteiger partial charge in [-0.1, -0.05) is 83.5 Å². The summed E-state index contributed by atoms with van der Waals surface area (Å²) < 4.78 is 10.6. The van der Waals surface area contributed by atoms with Crippen molar-refractivity contribution >= 4 is 35.9 Å². The van der Waals surface area contributed by atoms with Crippen LogP contribution in [-0.2, 0) is 38.2 Å². The Balaban J connectivity index is 3.90. The Kier molecular flexibility index (Phi) is 28.5. The van der Waals surface area contributed by atoms with Gasteiger partial charge in [-0.3, -0.25) is 24.5 Å². The molecule has 0 aromatic rings. The predicted molar refractivity (Wildman–Crippen MR) is 175 cm³/mol.